The van der Waals surface area contributed by atoms with Crippen LogP contribution in [0.3, 0.4) is 0 Å². The predicted molar refractivity (Wildman–Crippen MR) is 47.5 cm³/mol. The van der Waals surface area contributed by atoms with Crippen LogP contribution >= 0.6 is 0 Å². The zero-order valence-electron chi connectivity index (χ0n) is 7.48. The minimum Gasteiger partial charge on any atom is -0.316 e. The monoisotopic (exact) mass is 151 g/mol. The first kappa shape index (κ1) is 7.35. The quantitative estimate of drug-likeness (QED) is 0.522. The highest BCUT2D eigenvalue weighted by Gasteiger charge is 2.47. The molecule has 1 nitrogen and oxygen atoms in total. The molecular weight excluding hydrogens is 134 g/mol. The van der Waals surface area contributed by atoms with E-state index >= 15 is 0 Å². The van der Waals surface area contributed by atoms with Crippen molar-refractivity contribution in [1.29, 1.82) is 0 Å². The summed E-state index contributed by atoms with van der Waals surface area (Å²) in [6.45, 7) is 7.23. The zero-order chi connectivity index (χ0) is 7.95. The van der Waals surface area contributed by atoms with Crippen molar-refractivity contribution in [2.45, 2.75) is 26.7 Å². The molecule has 0 bridgehead atoms. The molecule has 0 aromatic carbocycles. The van der Waals surface area contributed by atoms with Crippen LogP contribution in [0.15, 0.2) is 12.2 Å². The minimum absolute atomic E-state index is 0.530. The Balaban J connectivity index is 2.32. The molecule has 0 radical (unpaired) electrons. The highest BCUT2D eigenvalue weighted by molar-refractivity contribution is 5.11. The third-order valence-electron chi connectivity index (χ3n) is 3.79. The van der Waals surface area contributed by atoms with Gasteiger partial charge in [0.2, 0.25) is 0 Å². The Kier molecular flexibility index (Phi) is 1.40. The molecular formula is C10H17N. The Morgan fingerprint density at radius 1 is 1.00 bits per heavy atom. The van der Waals surface area contributed by atoms with Gasteiger partial charge in [-0.1, -0.05) is 26.0 Å². The van der Waals surface area contributed by atoms with Crippen LogP contribution in [0.5, 0.6) is 0 Å². The summed E-state index contributed by atoms with van der Waals surface area (Å²) in [6.07, 6.45) is 7.20. The number of hydrogen-bond acceptors (Lipinski definition) is 1. The van der Waals surface area contributed by atoms with Crippen LogP contribution in [-0.4, -0.2) is 13.1 Å². The SMILES string of the molecule is CC12CC=CCC1(C)CNC2. The largest absolute Gasteiger partial charge is 0.316 e. The van der Waals surface area contributed by atoms with Crippen molar-refractivity contribution in [2.24, 2.45) is 10.8 Å². The minimum atomic E-state index is 0.530. The maximum absolute atomic E-state index is 3.51. The van der Waals surface area contributed by atoms with Crippen molar-refractivity contribution < 1.29 is 0 Å². The van der Waals surface area contributed by atoms with Gasteiger partial charge >= 0.3 is 0 Å². The first-order chi connectivity index (χ1) is 5.16. The number of allylic oxidation sites excluding steroid dienone is 2. The topological polar surface area (TPSA) is 12.0 Å². The van der Waals surface area contributed by atoms with Crippen LogP contribution < -0.4 is 5.32 Å². The van der Waals surface area contributed by atoms with E-state index in [1.54, 1.807) is 0 Å². The molecule has 1 fully saturated rings. The zero-order valence-corrected chi connectivity index (χ0v) is 7.48. The van der Waals surface area contributed by atoms with Gasteiger partial charge < -0.3 is 5.32 Å². The third-order valence-corrected chi connectivity index (χ3v) is 3.79. The first-order valence-corrected chi connectivity index (χ1v) is 4.52. The fraction of sp³-hybridized carbons (Fsp3) is 0.800. The smallest absolute Gasteiger partial charge is 0.00142 e. The average Bonchev–Trinajstić information content (AvgIpc) is 2.25. The van der Waals surface area contributed by atoms with Crippen LogP contribution in [0.1, 0.15) is 26.7 Å². The van der Waals surface area contributed by atoms with Gasteiger partial charge in [0.1, 0.15) is 0 Å². The highest BCUT2D eigenvalue weighted by atomic mass is 15.0. The van der Waals surface area contributed by atoms with E-state index in [1.807, 2.05) is 0 Å². The van der Waals surface area contributed by atoms with Crippen molar-refractivity contribution >= 4 is 0 Å². The first-order valence-electron chi connectivity index (χ1n) is 4.52. The summed E-state index contributed by atoms with van der Waals surface area (Å²) in [5, 5.41) is 3.51. The molecule has 0 aromatic heterocycles. The van der Waals surface area contributed by atoms with Gasteiger partial charge in [0.25, 0.3) is 0 Å². The van der Waals surface area contributed by atoms with Gasteiger partial charge in [-0.15, -0.1) is 0 Å². The highest BCUT2D eigenvalue weighted by Crippen LogP contribution is 2.49. The molecule has 62 valence electrons. The van der Waals surface area contributed by atoms with Crippen LogP contribution in [0.4, 0.5) is 0 Å². The van der Waals surface area contributed by atoms with Gasteiger partial charge in [-0.2, -0.15) is 0 Å². The molecule has 0 saturated carbocycles. The Hall–Kier alpha value is -0.300. The summed E-state index contributed by atoms with van der Waals surface area (Å²) in [6, 6.07) is 0. The molecule has 0 aromatic rings. The lowest BCUT2D eigenvalue weighted by Gasteiger charge is -2.41. The van der Waals surface area contributed by atoms with Crippen molar-refractivity contribution in [3.8, 4) is 0 Å². The fourth-order valence-corrected chi connectivity index (χ4v) is 2.37. The molecule has 1 aliphatic carbocycles. The Labute approximate surface area is 68.9 Å². The molecule has 1 heterocycles. The summed E-state index contributed by atoms with van der Waals surface area (Å²) in [7, 11) is 0. The molecule has 2 unspecified atom stereocenters. The number of fused-ring (bicyclic) bond motifs is 1. The molecule has 2 atom stereocenters. The lowest BCUT2D eigenvalue weighted by atomic mass is 9.62. The fourth-order valence-electron chi connectivity index (χ4n) is 2.37. The summed E-state index contributed by atoms with van der Waals surface area (Å²) < 4.78 is 0. The Bertz CT molecular complexity index is 177. The van der Waals surface area contributed by atoms with Crippen LogP contribution in [0, 0.1) is 10.8 Å². The van der Waals surface area contributed by atoms with Gasteiger partial charge in [-0.25, -0.2) is 0 Å². The second-order valence-electron chi connectivity index (χ2n) is 4.60. The van der Waals surface area contributed by atoms with E-state index in [-0.39, 0.29) is 0 Å². The van der Waals surface area contributed by atoms with E-state index in [9.17, 15) is 0 Å². The molecule has 0 spiro atoms. The van der Waals surface area contributed by atoms with Crippen molar-refractivity contribution in [2.75, 3.05) is 13.1 Å². The average molecular weight is 151 g/mol. The van der Waals surface area contributed by atoms with Crippen molar-refractivity contribution in [1.82, 2.24) is 5.32 Å². The molecule has 0 amide bonds. The maximum atomic E-state index is 3.51. The third kappa shape index (κ3) is 0.871. The van der Waals surface area contributed by atoms with E-state index in [0.29, 0.717) is 10.8 Å². The lowest BCUT2D eigenvalue weighted by Crippen LogP contribution is -2.37. The summed E-state index contributed by atoms with van der Waals surface area (Å²) in [4.78, 5) is 0. The molecule has 1 aliphatic heterocycles. The maximum Gasteiger partial charge on any atom is 0.00142 e. The summed E-state index contributed by atoms with van der Waals surface area (Å²) in [5.74, 6) is 0. The molecule has 1 N–H and O–H groups in total. The van der Waals surface area contributed by atoms with E-state index < -0.39 is 0 Å². The van der Waals surface area contributed by atoms with Gasteiger partial charge in [0.15, 0.2) is 0 Å². The molecule has 2 rings (SSSR count). The standard InChI is InChI=1S/C10H17N/c1-9-5-3-4-6-10(9,2)8-11-7-9/h3-4,11H,5-8H2,1-2H3. The van der Waals surface area contributed by atoms with E-state index in [4.69, 9.17) is 0 Å². The van der Waals surface area contributed by atoms with Gasteiger partial charge in [-0.3, -0.25) is 0 Å². The van der Waals surface area contributed by atoms with Gasteiger partial charge in [0, 0.05) is 13.1 Å². The lowest BCUT2D eigenvalue weighted by molar-refractivity contribution is 0.131. The predicted octanol–water partition coefficient (Wildman–Crippen LogP) is 1.95. The van der Waals surface area contributed by atoms with E-state index in [2.05, 4.69) is 31.3 Å². The molecule has 11 heavy (non-hydrogen) atoms. The van der Waals surface area contributed by atoms with Crippen LogP contribution in [-0.2, 0) is 0 Å². The Morgan fingerprint density at radius 3 is 1.91 bits per heavy atom. The van der Waals surface area contributed by atoms with Crippen molar-refractivity contribution in [3.05, 3.63) is 12.2 Å². The van der Waals surface area contributed by atoms with Crippen molar-refractivity contribution in [3.63, 3.8) is 0 Å². The normalized spacial score (nSPS) is 49.3. The summed E-state index contributed by atoms with van der Waals surface area (Å²) >= 11 is 0. The van der Waals surface area contributed by atoms with E-state index in [1.165, 1.54) is 25.9 Å². The van der Waals surface area contributed by atoms with Gasteiger partial charge in [-0.05, 0) is 23.7 Å². The number of nitrogens with one attached hydrogen (secondary N) is 1. The molecule has 1 saturated heterocycles. The second kappa shape index (κ2) is 2.10. The Morgan fingerprint density at radius 2 is 1.45 bits per heavy atom. The van der Waals surface area contributed by atoms with Crippen LogP contribution in [0.2, 0.25) is 0 Å². The molecule has 2 aliphatic rings. The molecule has 1 heteroatoms. The number of rotatable bonds is 0. The number of hydrogen-bond donors (Lipinski definition) is 1. The van der Waals surface area contributed by atoms with Gasteiger partial charge in [0.05, 0.1) is 0 Å². The van der Waals surface area contributed by atoms with E-state index in [0.717, 1.165) is 0 Å². The second-order valence-corrected chi connectivity index (χ2v) is 4.60. The van der Waals surface area contributed by atoms with Crippen LogP contribution in [0.25, 0.3) is 0 Å². The summed E-state index contributed by atoms with van der Waals surface area (Å²) in [5.41, 5.74) is 1.06.